The van der Waals surface area contributed by atoms with E-state index < -0.39 is 0 Å². The number of hydrogen-bond acceptors (Lipinski definition) is 3. The average Bonchev–Trinajstić information content (AvgIpc) is 2.27. The SMILES string of the molecule is CC(C)(C)NC(=O)C1=NOC=CC=C1. The highest BCUT2D eigenvalue weighted by atomic mass is 16.6. The summed E-state index contributed by atoms with van der Waals surface area (Å²) in [7, 11) is 0. The van der Waals surface area contributed by atoms with Crippen molar-refractivity contribution >= 4 is 11.6 Å². The summed E-state index contributed by atoms with van der Waals surface area (Å²) in [6, 6.07) is 0. The van der Waals surface area contributed by atoms with Gasteiger partial charge >= 0.3 is 0 Å². The zero-order valence-electron chi connectivity index (χ0n) is 8.57. The largest absolute Gasteiger partial charge is 0.364 e. The molecule has 0 saturated carbocycles. The summed E-state index contributed by atoms with van der Waals surface area (Å²) in [5.74, 6) is -0.238. The zero-order chi connectivity index (χ0) is 10.6. The molecule has 76 valence electrons. The van der Waals surface area contributed by atoms with E-state index in [1.165, 1.54) is 6.26 Å². The number of allylic oxidation sites excluding steroid dienone is 2. The maximum atomic E-state index is 11.6. The standard InChI is InChI=1S/C10H14N2O2/c1-10(2,3)11-9(13)8-6-4-5-7-14-12-8/h4-7H,1-3H3,(H,11,13). The van der Waals surface area contributed by atoms with Crippen molar-refractivity contribution in [2.24, 2.45) is 5.16 Å². The minimum atomic E-state index is -0.271. The first-order valence-corrected chi connectivity index (χ1v) is 4.38. The fraction of sp³-hybridized carbons (Fsp3) is 0.400. The van der Waals surface area contributed by atoms with Crippen LogP contribution in [0.25, 0.3) is 0 Å². The molecule has 1 rings (SSSR count). The molecule has 1 heterocycles. The number of oxime groups is 1. The molecule has 0 radical (unpaired) electrons. The molecule has 0 aliphatic carbocycles. The third-order valence-corrected chi connectivity index (χ3v) is 1.38. The molecule has 0 aromatic carbocycles. The Labute approximate surface area is 83.3 Å². The van der Waals surface area contributed by atoms with Crippen molar-refractivity contribution in [1.82, 2.24) is 5.32 Å². The van der Waals surface area contributed by atoms with E-state index in [-0.39, 0.29) is 17.2 Å². The van der Waals surface area contributed by atoms with Gasteiger partial charge in [0.05, 0.1) is 0 Å². The van der Waals surface area contributed by atoms with Crippen molar-refractivity contribution in [2.75, 3.05) is 0 Å². The molecule has 4 heteroatoms. The normalized spacial score (nSPS) is 15.5. The van der Waals surface area contributed by atoms with Crippen molar-refractivity contribution in [2.45, 2.75) is 26.3 Å². The maximum Gasteiger partial charge on any atom is 0.273 e. The van der Waals surface area contributed by atoms with Gasteiger partial charge in [-0.05, 0) is 32.9 Å². The van der Waals surface area contributed by atoms with Gasteiger partial charge in [0.25, 0.3) is 5.91 Å². The lowest BCUT2D eigenvalue weighted by Gasteiger charge is -2.19. The van der Waals surface area contributed by atoms with Crippen LogP contribution in [0.3, 0.4) is 0 Å². The van der Waals surface area contributed by atoms with Gasteiger partial charge in [-0.1, -0.05) is 11.2 Å². The van der Waals surface area contributed by atoms with E-state index >= 15 is 0 Å². The van der Waals surface area contributed by atoms with E-state index in [2.05, 4.69) is 10.5 Å². The predicted octanol–water partition coefficient (Wildman–Crippen LogP) is 1.36. The second-order valence-electron chi connectivity index (χ2n) is 3.97. The van der Waals surface area contributed by atoms with Crippen LogP contribution >= 0.6 is 0 Å². The summed E-state index contributed by atoms with van der Waals surface area (Å²) in [4.78, 5) is 16.3. The van der Waals surface area contributed by atoms with E-state index in [4.69, 9.17) is 4.84 Å². The molecule has 0 fully saturated rings. The average molecular weight is 194 g/mol. The molecule has 0 unspecified atom stereocenters. The summed E-state index contributed by atoms with van der Waals surface area (Å²) in [5, 5.41) is 6.43. The molecule has 0 aromatic rings. The molecular formula is C10H14N2O2. The van der Waals surface area contributed by atoms with Gasteiger partial charge < -0.3 is 10.2 Å². The number of carbonyl (C=O) groups is 1. The molecule has 0 bridgehead atoms. The number of rotatable bonds is 1. The number of amides is 1. The number of nitrogens with zero attached hydrogens (tertiary/aromatic N) is 1. The van der Waals surface area contributed by atoms with Crippen LogP contribution in [0.15, 0.2) is 29.6 Å². The lowest BCUT2D eigenvalue weighted by atomic mass is 10.1. The van der Waals surface area contributed by atoms with Crippen LogP contribution in [0.4, 0.5) is 0 Å². The summed E-state index contributed by atoms with van der Waals surface area (Å²) >= 11 is 0. The number of hydrogen-bond donors (Lipinski definition) is 1. The highest BCUT2D eigenvalue weighted by Crippen LogP contribution is 2.00. The van der Waals surface area contributed by atoms with E-state index in [0.717, 1.165) is 0 Å². The molecule has 0 saturated heterocycles. The van der Waals surface area contributed by atoms with Gasteiger partial charge in [0.1, 0.15) is 6.26 Å². The van der Waals surface area contributed by atoms with Crippen LogP contribution in [-0.2, 0) is 9.63 Å². The highest BCUT2D eigenvalue weighted by molar-refractivity contribution is 6.43. The van der Waals surface area contributed by atoms with Crippen LogP contribution in [-0.4, -0.2) is 17.2 Å². The van der Waals surface area contributed by atoms with Crippen molar-refractivity contribution < 1.29 is 9.63 Å². The second-order valence-corrected chi connectivity index (χ2v) is 3.97. The van der Waals surface area contributed by atoms with Crippen molar-refractivity contribution in [1.29, 1.82) is 0 Å². The smallest absolute Gasteiger partial charge is 0.273 e. The van der Waals surface area contributed by atoms with Gasteiger partial charge in [0.2, 0.25) is 0 Å². The first-order valence-electron chi connectivity index (χ1n) is 4.38. The minimum Gasteiger partial charge on any atom is -0.364 e. The Balaban J connectivity index is 2.66. The predicted molar refractivity (Wildman–Crippen MR) is 54.7 cm³/mol. The van der Waals surface area contributed by atoms with E-state index in [9.17, 15) is 4.79 Å². The molecule has 0 atom stereocenters. The molecule has 1 amide bonds. The lowest BCUT2D eigenvalue weighted by Crippen LogP contribution is -2.43. The van der Waals surface area contributed by atoms with Crippen LogP contribution in [0.2, 0.25) is 0 Å². The fourth-order valence-corrected chi connectivity index (χ4v) is 0.867. The molecule has 14 heavy (non-hydrogen) atoms. The Bertz CT molecular complexity index is 309. The van der Waals surface area contributed by atoms with Gasteiger partial charge in [0.15, 0.2) is 5.71 Å². The molecule has 4 nitrogen and oxygen atoms in total. The second kappa shape index (κ2) is 4.09. The molecule has 1 aliphatic heterocycles. The van der Waals surface area contributed by atoms with Crippen molar-refractivity contribution in [3.63, 3.8) is 0 Å². The molecular weight excluding hydrogens is 180 g/mol. The molecule has 1 aliphatic rings. The first kappa shape index (κ1) is 10.5. The molecule has 0 spiro atoms. The van der Waals surface area contributed by atoms with Crippen LogP contribution in [0, 0.1) is 0 Å². The Morgan fingerprint density at radius 3 is 2.79 bits per heavy atom. The first-order chi connectivity index (χ1) is 6.49. The Hall–Kier alpha value is -1.58. The lowest BCUT2D eigenvalue weighted by molar-refractivity contribution is -0.116. The van der Waals surface area contributed by atoms with Crippen LogP contribution in [0.1, 0.15) is 20.8 Å². The number of nitrogens with one attached hydrogen (secondary N) is 1. The Morgan fingerprint density at radius 2 is 2.14 bits per heavy atom. The van der Waals surface area contributed by atoms with Gasteiger partial charge in [-0.3, -0.25) is 4.79 Å². The Morgan fingerprint density at radius 1 is 1.43 bits per heavy atom. The van der Waals surface area contributed by atoms with E-state index in [1.807, 2.05) is 20.8 Å². The minimum absolute atomic E-state index is 0.238. The highest BCUT2D eigenvalue weighted by Gasteiger charge is 2.17. The topological polar surface area (TPSA) is 50.7 Å². The Kier molecular flexibility index (Phi) is 3.06. The van der Waals surface area contributed by atoms with Crippen LogP contribution < -0.4 is 5.32 Å². The van der Waals surface area contributed by atoms with Crippen molar-refractivity contribution in [3.8, 4) is 0 Å². The van der Waals surface area contributed by atoms with Gasteiger partial charge in [0, 0.05) is 5.54 Å². The number of carbonyl (C=O) groups excluding carboxylic acids is 1. The molecule has 0 aromatic heterocycles. The quantitative estimate of drug-likeness (QED) is 0.685. The third-order valence-electron chi connectivity index (χ3n) is 1.38. The van der Waals surface area contributed by atoms with Gasteiger partial charge in [-0.25, -0.2) is 0 Å². The third kappa shape index (κ3) is 3.43. The monoisotopic (exact) mass is 194 g/mol. The fourth-order valence-electron chi connectivity index (χ4n) is 0.867. The van der Waals surface area contributed by atoms with Gasteiger partial charge in [-0.15, -0.1) is 0 Å². The maximum absolute atomic E-state index is 11.6. The van der Waals surface area contributed by atoms with E-state index in [1.54, 1.807) is 18.2 Å². The molecule has 1 N–H and O–H groups in total. The van der Waals surface area contributed by atoms with Gasteiger partial charge in [-0.2, -0.15) is 0 Å². The summed E-state index contributed by atoms with van der Waals surface area (Å²) in [5.41, 5.74) is -0.00221. The summed E-state index contributed by atoms with van der Waals surface area (Å²) in [6.07, 6.45) is 6.38. The van der Waals surface area contributed by atoms with E-state index in [0.29, 0.717) is 0 Å². The van der Waals surface area contributed by atoms with Crippen molar-refractivity contribution in [3.05, 3.63) is 24.5 Å². The summed E-state index contributed by atoms with van der Waals surface area (Å²) in [6.45, 7) is 5.72. The summed E-state index contributed by atoms with van der Waals surface area (Å²) < 4.78 is 0. The van der Waals surface area contributed by atoms with Crippen LogP contribution in [0.5, 0.6) is 0 Å². The zero-order valence-corrected chi connectivity index (χ0v) is 8.57.